The van der Waals surface area contributed by atoms with Crippen molar-refractivity contribution in [1.29, 1.82) is 0 Å². The molecule has 0 radical (unpaired) electrons. The van der Waals surface area contributed by atoms with E-state index in [-0.39, 0.29) is 42.2 Å². The van der Waals surface area contributed by atoms with Gasteiger partial charge in [-0.25, -0.2) is 4.98 Å². The predicted octanol–water partition coefficient (Wildman–Crippen LogP) is 3.38. The van der Waals surface area contributed by atoms with E-state index in [1.54, 1.807) is 18.9 Å². The second-order valence-corrected chi connectivity index (χ2v) is 11.8. The Morgan fingerprint density at radius 3 is 2.37 bits per heavy atom. The number of carbonyl (C=O) groups excluding carboxylic acids is 4. The summed E-state index contributed by atoms with van der Waals surface area (Å²) >= 11 is 5.98. The fraction of sp³-hybridized carbons (Fsp3) is 0.700. The Morgan fingerprint density at radius 2 is 1.83 bits per heavy atom. The highest BCUT2D eigenvalue weighted by atomic mass is 35.5. The van der Waals surface area contributed by atoms with Crippen LogP contribution >= 0.6 is 11.6 Å². The Labute approximate surface area is 272 Å². The Morgan fingerprint density at radius 1 is 1.15 bits per heavy atom. The van der Waals surface area contributed by atoms with Gasteiger partial charge in [0.25, 0.3) is 0 Å². The van der Waals surface area contributed by atoms with Gasteiger partial charge in [0.05, 0.1) is 60.9 Å². The number of ether oxygens (including phenoxy) is 3. The molecule has 0 saturated carbocycles. The Hall–Kier alpha value is -3.17. The molecule has 12 nitrogen and oxygen atoms in total. The summed E-state index contributed by atoms with van der Waals surface area (Å²) in [5.74, 6) is -2.50. The van der Waals surface area contributed by atoms with Crippen LogP contribution in [-0.2, 0) is 39.6 Å². The first-order chi connectivity index (χ1) is 21.6. The zero-order valence-corrected chi connectivity index (χ0v) is 28.0. The molecule has 2 N–H and O–H groups in total. The number of halogens is 4. The summed E-state index contributed by atoms with van der Waals surface area (Å²) in [7, 11) is 5.73. The fourth-order valence-corrected chi connectivity index (χ4v) is 5.96. The van der Waals surface area contributed by atoms with Gasteiger partial charge in [-0.05, 0) is 24.8 Å². The number of aromatic nitrogens is 1. The van der Waals surface area contributed by atoms with Crippen LogP contribution in [0.15, 0.2) is 12.3 Å². The lowest BCUT2D eigenvalue weighted by Gasteiger charge is -2.39. The third-order valence-corrected chi connectivity index (χ3v) is 8.80. The van der Waals surface area contributed by atoms with Gasteiger partial charge in [0.2, 0.25) is 17.7 Å². The molecule has 1 aliphatic rings. The first-order valence-electron chi connectivity index (χ1n) is 15.0. The number of anilines is 1. The second kappa shape index (κ2) is 17.7. The van der Waals surface area contributed by atoms with Crippen LogP contribution in [0.25, 0.3) is 0 Å². The number of alkyl halides is 3. The SMILES string of the molecule is CC[C@H](C)[C@@H]([C@@H](CC(=O)N1CCC[C@H]1[C@H](OC)[C@@H](C)C(=O)NCC(=O)OC)OC)N(C)C(=O)CNc1ncc(C(F)(F)F)cc1Cl. The molecule has 46 heavy (non-hydrogen) atoms. The van der Waals surface area contributed by atoms with Gasteiger partial charge in [-0.1, -0.05) is 38.8 Å². The monoisotopic (exact) mass is 679 g/mol. The highest BCUT2D eigenvalue weighted by molar-refractivity contribution is 6.33. The first kappa shape index (κ1) is 39.0. The molecule has 1 saturated heterocycles. The standard InChI is InChI=1S/C30H45ClF3N5O7/c1-8-17(2)26(38(4)24(41)15-36-28-20(31)12-19(14-35-28)30(32,33)34)22(44-5)13-23(40)39-11-9-10-21(39)27(46-7)18(3)29(43)37-16-25(42)45-6/h12,14,17-18,21-22,26-27H,8-11,13,15-16H2,1-7H3,(H,35,36)(H,37,43)/t17-,18+,21-,22+,26-,27+/m0/s1. The highest BCUT2D eigenvalue weighted by Gasteiger charge is 2.42. The van der Waals surface area contributed by atoms with E-state index in [0.717, 1.165) is 6.07 Å². The molecule has 3 amide bonds. The van der Waals surface area contributed by atoms with Crippen LogP contribution in [0.2, 0.25) is 5.02 Å². The number of carbonyl (C=O) groups is 4. The van der Waals surface area contributed by atoms with Crippen molar-refractivity contribution in [2.75, 3.05) is 53.3 Å². The van der Waals surface area contributed by atoms with Crippen molar-refractivity contribution in [3.63, 3.8) is 0 Å². The van der Waals surface area contributed by atoms with Gasteiger partial charge in [0.1, 0.15) is 12.4 Å². The van der Waals surface area contributed by atoms with E-state index in [4.69, 9.17) is 21.1 Å². The molecule has 1 aliphatic heterocycles. The Balaban J connectivity index is 2.16. The van der Waals surface area contributed by atoms with Crippen molar-refractivity contribution >= 4 is 41.1 Å². The Kier molecular flexibility index (Phi) is 15.0. The molecule has 1 aromatic rings. The van der Waals surface area contributed by atoms with Gasteiger partial charge >= 0.3 is 12.1 Å². The largest absolute Gasteiger partial charge is 0.468 e. The summed E-state index contributed by atoms with van der Waals surface area (Å²) in [6, 6.07) is -0.207. The normalized spacial score (nSPS) is 18.2. The topological polar surface area (TPSA) is 139 Å². The number of rotatable bonds is 16. The van der Waals surface area contributed by atoms with Gasteiger partial charge in [-0.3, -0.25) is 19.2 Å². The Bertz CT molecular complexity index is 1210. The minimum absolute atomic E-state index is 0.0568. The van der Waals surface area contributed by atoms with Crippen LogP contribution in [0.3, 0.4) is 0 Å². The van der Waals surface area contributed by atoms with E-state index in [1.807, 2.05) is 13.8 Å². The third-order valence-electron chi connectivity index (χ3n) is 8.51. The molecule has 0 spiro atoms. The molecule has 1 aromatic heterocycles. The number of nitrogens with zero attached hydrogens (tertiary/aromatic N) is 3. The summed E-state index contributed by atoms with van der Waals surface area (Å²) in [4.78, 5) is 58.1. The number of likely N-dealkylation sites (N-methyl/N-ethyl adjacent to an activating group) is 1. The number of methoxy groups -OCH3 is 3. The van der Waals surface area contributed by atoms with Crippen molar-refractivity contribution in [3.05, 3.63) is 22.8 Å². The van der Waals surface area contributed by atoms with Gasteiger partial charge in [0.15, 0.2) is 0 Å². The third kappa shape index (κ3) is 10.2. The number of pyridine rings is 1. The summed E-state index contributed by atoms with van der Waals surface area (Å²) in [5, 5.41) is 4.95. The average Bonchev–Trinajstić information content (AvgIpc) is 3.51. The molecule has 0 aromatic carbocycles. The van der Waals surface area contributed by atoms with E-state index >= 15 is 0 Å². The molecule has 0 unspecified atom stereocenters. The molecule has 6 atom stereocenters. The van der Waals surface area contributed by atoms with Crippen LogP contribution in [0.5, 0.6) is 0 Å². The van der Waals surface area contributed by atoms with Crippen LogP contribution < -0.4 is 10.6 Å². The molecule has 2 heterocycles. The molecule has 2 rings (SSSR count). The van der Waals surface area contributed by atoms with Gasteiger partial charge < -0.3 is 34.6 Å². The number of amides is 3. The molecule has 260 valence electrons. The number of likely N-dealkylation sites (tertiary alicyclic amines) is 1. The van der Waals surface area contributed by atoms with Crippen LogP contribution in [0.1, 0.15) is 52.0 Å². The molecular formula is C30H45ClF3N5O7. The van der Waals surface area contributed by atoms with E-state index in [2.05, 4.69) is 20.4 Å². The minimum atomic E-state index is -4.61. The smallest absolute Gasteiger partial charge is 0.417 e. The lowest BCUT2D eigenvalue weighted by Crippen LogP contribution is -2.54. The number of hydrogen-bond donors (Lipinski definition) is 2. The maximum Gasteiger partial charge on any atom is 0.417 e. The average molecular weight is 680 g/mol. The van der Waals surface area contributed by atoms with Crippen molar-refractivity contribution in [2.45, 2.75) is 76.9 Å². The van der Waals surface area contributed by atoms with E-state index < -0.39 is 59.7 Å². The van der Waals surface area contributed by atoms with E-state index in [1.165, 1.54) is 26.2 Å². The summed E-state index contributed by atoms with van der Waals surface area (Å²) in [6.45, 7) is 5.39. The van der Waals surface area contributed by atoms with Crippen molar-refractivity contribution in [3.8, 4) is 0 Å². The highest BCUT2D eigenvalue weighted by Crippen LogP contribution is 2.33. The van der Waals surface area contributed by atoms with E-state index in [0.29, 0.717) is 32.0 Å². The maximum atomic E-state index is 13.8. The summed E-state index contributed by atoms with van der Waals surface area (Å²) < 4.78 is 55.0. The van der Waals surface area contributed by atoms with Crippen LogP contribution in [0, 0.1) is 11.8 Å². The van der Waals surface area contributed by atoms with Gasteiger partial charge in [-0.2, -0.15) is 13.2 Å². The van der Waals surface area contributed by atoms with E-state index in [9.17, 15) is 32.3 Å². The molecule has 16 heteroatoms. The second-order valence-electron chi connectivity index (χ2n) is 11.3. The quantitative estimate of drug-likeness (QED) is 0.252. The van der Waals surface area contributed by atoms with Crippen molar-refractivity contribution in [2.24, 2.45) is 11.8 Å². The number of nitrogens with one attached hydrogen (secondary N) is 2. The predicted molar refractivity (Wildman–Crippen MR) is 164 cm³/mol. The molecule has 0 aliphatic carbocycles. The zero-order valence-electron chi connectivity index (χ0n) is 27.3. The first-order valence-corrected chi connectivity index (χ1v) is 15.4. The van der Waals surface area contributed by atoms with Crippen molar-refractivity contribution < 1.29 is 46.6 Å². The maximum absolute atomic E-state index is 13.8. The summed E-state index contributed by atoms with van der Waals surface area (Å²) in [5.41, 5.74) is -1.01. The van der Waals surface area contributed by atoms with Gasteiger partial charge in [0, 0.05) is 34.0 Å². The van der Waals surface area contributed by atoms with Crippen molar-refractivity contribution in [1.82, 2.24) is 20.1 Å². The molecule has 0 bridgehead atoms. The number of hydrogen-bond acceptors (Lipinski definition) is 9. The zero-order chi connectivity index (χ0) is 34.8. The summed E-state index contributed by atoms with van der Waals surface area (Å²) in [6.07, 6.45) is -3.42. The molecular weight excluding hydrogens is 635 g/mol. The molecule has 1 fully saturated rings. The fourth-order valence-electron chi connectivity index (χ4n) is 5.72. The van der Waals surface area contributed by atoms with Crippen LogP contribution in [-0.4, -0.2) is 111 Å². The van der Waals surface area contributed by atoms with Gasteiger partial charge in [-0.15, -0.1) is 0 Å². The lowest BCUT2D eigenvalue weighted by molar-refractivity contribution is -0.146. The minimum Gasteiger partial charge on any atom is -0.468 e. The number of esters is 1. The lowest BCUT2D eigenvalue weighted by atomic mass is 9.90. The van der Waals surface area contributed by atoms with Crippen LogP contribution in [0.4, 0.5) is 19.0 Å².